The highest BCUT2D eigenvalue weighted by molar-refractivity contribution is 4.50. The normalized spacial score (nSPS) is 11.8. The molecule has 0 bridgehead atoms. The van der Waals surface area contributed by atoms with E-state index in [4.69, 9.17) is 114 Å². The summed E-state index contributed by atoms with van der Waals surface area (Å²) in [6.45, 7) is 25.6. The van der Waals surface area contributed by atoms with E-state index in [0.717, 1.165) is 13.0 Å². The van der Waals surface area contributed by atoms with Gasteiger partial charge >= 0.3 is 0 Å². The fourth-order valence-electron chi connectivity index (χ4n) is 7.23. The van der Waals surface area contributed by atoms with E-state index >= 15 is 0 Å². The highest BCUT2D eigenvalue weighted by Crippen LogP contribution is 2.12. The van der Waals surface area contributed by atoms with Gasteiger partial charge in [0.15, 0.2) is 0 Å². The van der Waals surface area contributed by atoms with Crippen molar-refractivity contribution in [2.45, 2.75) is 90.4 Å². The first-order valence-electron chi connectivity index (χ1n) is 32.3. The minimum absolute atomic E-state index is 0.0188. The fraction of sp³-hybridized carbons (Fsp3) is 1.00. The Labute approximate surface area is 513 Å². The molecule has 0 rings (SSSR count). The van der Waals surface area contributed by atoms with Gasteiger partial charge in [0.05, 0.1) is 304 Å². The summed E-state index contributed by atoms with van der Waals surface area (Å²) in [6, 6.07) is 0. The molecule has 0 saturated carbocycles. The van der Waals surface area contributed by atoms with E-state index in [2.05, 4.69) is 6.92 Å². The van der Waals surface area contributed by atoms with Gasteiger partial charge in [-0.25, -0.2) is 0 Å². The van der Waals surface area contributed by atoms with Crippen LogP contribution in [-0.4, -0.2) is 316 Å². The lowest BCUT2D eigenvalue weighted by atomic mass is 10.0. The molecule has 512 valence electrons. The van der Waals surface area contributed by atoms with Gasteiger partial charge in [-0.05, 0) is 6.42 Å². The summed E-state index contributed by atoms with van der Waals surface area (Å²) in [4.78, 5) is 0. The van der Waals surface area contributed by atoms with Gasteiger partial charge in [0.2, 0.25) is 0 Å². The van der Waals surface area contributed by atoms with Crippen LogP contribution >= 0.6 is 0 Å². The summed E-state index contributed by atoms with van der Waals surface area (Å²) < 4.78 is 127. The van der Waals surface area contributed by atoms with Gasteiger partial charge in [0.25, 0.3) is 0 Å². The maximum Gasteiger partial charge on any atom is 0.0701 e. The van der Waals surface area contributed by atoms with Gasteiger partial charge in [0.1, 0.15) is 0 Å². The molecule has 0 heterocycles. The van der Waals surface area contributed by atoms with Crippen molar-refractivity contribution < 1.29 is 114 Å². The molecule has 85 heavy (non-hydrogen) atoms. The minimum atomic E-state index is 0.0188. The molecular weight excluding hydrogens is 1120 g/mol. The SMILES string of the molecule is CCCCCCCCCCCCCCCOCCOCCOCCOCCOCCOCCOCCOCCOCCOCCOCCOCCOCCOCCOCCOCCOCCOCCOCCOCCOCCOCCOCCO. The predicted molar refractivity (Wildman–Crippen MR) is 322 cm³/mol. The second kappa shape index (κ2) is 83.0. The van der Waals surface area contributed by atoms with Crippen molar-refractivity contribution in [2.75, 3.05) is 311 Å². The molecule has 0 aliphatic heterocycles. The summed E-state index contributed by atoms with van der Waals surface area (Å²) in [7, 11) is 0. The lowest BCUT2D eigenvalue weighted by Crippen LogP contribution is -2.16. The zero-order valence-corrected chi connectivity index (χ0v) is 53.3. The van der Waals surface area contributed by atoms with E-state index in [1.165, 1.54) is 77.0 Å². The molecule has 0 aromatic carbocycles. The van der Waals surface area contributed by atoms with E-state index in [1.807, 2.05) is 0 Å². The molecule has 0 unspecified atom stereocenters. The average Bonchev–Trinajstić information content (AvgIpc) is 3.51. The zero-order valence-electron chi connectivity index (χ0n) is 53.3. The van der Waals surface area contributed by atoms with Crippen LogP contribution in [0.15, 0.2) is 0 Å². The minimum Gasteiger partial charge on any atom is -0.394 e. The Morgan fingerprint density at radius 1 is 0.129 bits per heavy atom. The van der Waals surface area contributed by atoms with E-state index in [0.29, 0.717) is 297 Å². The quantitative estimate of drug-likeness (QED) is 0.0746. The molecule has 0 fully saturated rings. The van der Waals surface area contributed by atoms with Crippen molar-refractivity contribution in [3.05, 3.63) is 0 Å². The Morgan fingerprint density at radius 2 is 0.235 bits per heavy atom. The molecule has 0 saturated heterocycles. The van der Waals surface area contributed by atoms with Crippen LogP contribution in [0.1, 0.15) is 90.4 Å². The standard InChI is InChI=1S/C61H124O24/c1-2-3-4-5-6-7-8-9-10-11-12-13-14-16-63-18-20-65-22-24-67-26-28-69-30-32-71-34-36-73-38-40-75-42-44-77-46-48-79-50-52-81-54-56-83-58-60-85-61-59-84-57-55-82-53-51-80-49-47-78-45-43-76-41-39-74-37-35-72-33-31-70-29-27-68-25-23-66-21-19-64-17-15-62/h62H,2-61H2,1H3. The van der Waals surface area contributed by atoms with Gasteiger partial charge in [-0.2, -0.15) is 0 Å². The molecule has 0 spiro atoms. The topological polar surface area (TPSA) is 233 Å². The number of hydrogen-bond donors (Lipinski definition) is 1. The van der Waals surface area contributed by atoms with Gasteiger partial charge in [-0.1, -0.05) is 84.0 Å². The van der Waals surface area contributed by atoms with E-state index < -0.39 is 0 Å². The first kappa shape index (κ1) is 84.0. The smallest absolute Gasteiger partial charge is 0.0701 e. The third-order valence-electron chi connectivity index (χ3n) is 11.8. The molecule has 24 heteroatoms. The summed E-state index contributed by atoms with van der Waals surface area (Å²) in [5.41, 5.74) is 0. The second-order valence-corrected chi connectivity index (χ2v) is 19.1. The molecular formula is C61H124O24. The summed E-state index contributed by atoms with van der Waals surface area (Å²) in [6.07, 6.45) is 17.7. The molecule has 0 aromatic heterocycles. The maximum absolute atomic E-state index is 8.62. The number of hydrogen-bond acceptors (Lipinski definition) is 24. The van der Waals surface area contributed by atoms with Crippen LogP contribution in [0.4, 0.5) is 0 Å². The Kier molecular flexibility index (Phi) is 82.1. The van der Waals surface area contributed by atoms with Crippen molar-refractivity contribution in [1.29, 1.82) is 0 Å². The van der Waals surface area contributed by atoms with Gasteiger partial charge < -0.3 is 114 Å². The van der Waals surface area contributed by atoms with Crippen LogP contribution in [0, 0.1) is 0 Å². The third-order valence-corrected chi connectivity index (χ3v) is 11.8. The van der Waals surface area contributed by atoms with E-state index in [1.54, 1.807) is 0 Å². The van der Waals surface area contributed by atoms with Crippen LogP contribution in [0.5, 0.6) is 0 Å². The number of aliphatic hydroxyl groups excluding tert-OH is 1. The van der Waals surface area contributed by atoms with Crippen molar-refractivity contribution in [3.63, 3.8) is 0 Å². The highest BCUT2D eigenvalue weighted by Gasteiger charge is 2.01. The molecule has 24 nitrogen and oxygen atoms in total. The number of ether oxygens (including phenoxy) is 23. The second-order valence-electron chi connectivity index (χ2n) is 19.1. The largest absolute Gasteiger partial charge is 0.394 e. The summed E-state index contributed by atoms with van der Waals surface area (Å²) in [5, 5.41) is 8.62. The van der Waals surface area contributed by atoms with Crippen LogP contribution in [-0.2, 0) is 109 Å². The maximum atomic E-state index is 8.62. The summed E-state index contributed by atoms with van der Waals surface area (Å²) >= 11 is 0. The number of rotatable bonds is 82. The number of aliphatic hydroxyl groups is 1. The van der Waals surface area contributed by atoms with Crippen LogP contribution < -0.4 is 0 Å². The van der Waals surface area contributed by atoms with Crippen LogP contribution in [0.2, 0.25) is 0 Å². The summed E-state index contributed by atoms with van der Waals surface area (Å²) in [5.74, 6) is 0. The Hall–Kier alpha value is -0.960. The lowest BCUT2D eigenvalue weighted by Gasteiger charge is -2.09. The van der Waals surface area contributed by atoms with E-state index in [-0.39, 0.29) is 6.61 Å². The first-order valence-corrected chi connectivity index (χ1v) is 32.3. The van der Waals surface area contributed by atoms with Crippen molar-refractivity contribution >= 4 is 0 Å². The van der Waals surface area contributed by atoms with Crippen LogP contribution in [0.3, 0.4) is 0 Å². The zero-order chi connectivity index (χ0) is 60.7. The first-order chi connectivity index (χ1) is 42.4. The fourth-order valence-corrected chi connectivity index (χ4v) is 7.23. The molecule has 0 atom stereocenters. The van der Waals surface area contributed by atoms with E-state index in [9.17, 15) is 0 Å². The van der Waals surface area contributed by atoms with Gasteiger partial charge in [0, 0.05) is 6.61 Å². The molecule has 0 aliphatic carbocycles. The van der Waals surface area contributed by atoms with Gasteiger partial charge in [-0.3, -0.25) is 0 Å². The average molecular weight is 1240 g/mol. The van der Waals surface area contributed by atoms with Crippen molar-refractivity contribution in [1.82, 2.24) is 0 Å². The predicted octanol–water partition coefficient (Wildman–Crippen LogP) is 5.45. The molecule has 0 aliphatic rings. The number of unbranched alkanes of at least 4 members (excludes halogenated alkanes) is 12. The van der Waals surface area contributed by atoms with Crippen molar-refractivity contribution in [2.24, 2.45) is 0 Å². The van der Waals surface area contributed by atoms with Crippen LogP contribution in [0.25, 0.3) is 0 Å². The lowest BCUT2D eigenvalue weighted by molar-refractivity contribution is -0.0319. The molecule has 0 amide bonds. The highest BCUT2D eigenvalue weighted by atomic mass is 16.6. The molecule has 1 N–H and O–H groups in total. The molecule has 0 aromatic rings. The van der Waals surface area contributed by atoms with Crippen molar-refractivity contribution in [3.8, 4) is 0 Å². The third kappa shape index (κ3) is 83.0. The Balaban J connectivity index is 3.08. The Bertz CT molecular complexity index is 1050. The monoisotopic (exact) mass is 1240 g/mol. The Morgan fingerprint density at radius 3 is 0.365 bits per heavy atom. The molecule has 0 radical (unpaired) electrons. The van der Waals surface area contributed by atoms with Gasteiger partial charge in [-0.15, -0.1) is 0 Å².